The first-order chi connectivity index (χ1) is 6.57. The minimum atomic E-state index is -0.632. The van der Waals surface area contributed by atoms with Crippen LogP contribution in [-0.2, 0) is 4.74 Å². The van der Waals surface area contributed by atoms with Crippen LogP contribution in [0, 0.1) is 5.92 Å². The van der Waals surface area contributed by atoms with Crippen LogP contribution in [0.4, 0.5) is 0 Å². The van der Waals surface area contributed by atoms with Crippen LogP contribution in [0.3, 0.4) is 0 Å². The van der Waals surface area contributed by atoms with Gasteiger partial charge in [0.15, 0.2) is 0 Å². The molecule has 0 aliphatic rings. The number of aliphatic hydroxyl groups is 1. The lowest BCUT2D eigenvalue weighted by Gasteiger charge is -2.24. The molecule has 4 heteroatoms. The van der Waals surface area contributed by atoms with E-state index in [0.29, 0.717) is 5.02 Å². The Morgan fingerprint density at radius 2 is 2.14 bits per heavy atom. The first kappa shape index (κ1) is 12.0. The van der Waals surface area contributed by atoms with E-state index in [4.69, 9.17) is 16.3 Å². The summed E-state index contributed by atoms with van der Waals surface area (Å²) in [6.45, 7) is 4.03. The molecule has 80 valence electrons. The van der Waals surface area contributed by atoms with Crippen molar-refractivity contribution in [2.24, 2.45) is 5.92 Å². The van der Waals surface area contributed by atoms with Gasteiger partial charge in [0.25, 0.3) is 0 Å². The van der Waals surface area contributed by atoms with Crippen LogP contribution in [-0.4, -0.2) is 18.3 Å². The van der Waals surface area contributed by atoms with Crippen LogP contribution < -0.4 is 0 Å². The van der Waals surface area contributed by atoms with Gasteiger partial charge in [-0.05, 0) is 17.4 Å². The highest BCUT2D eigenvalue weighted by molar-refractivity contribution is 7.10. The molecule has 0 saturated carbocycles. The van der Waals surface area contributed by atoms with E-state index in [1.165, 1.54) is 11.3 Å². The number of rotatable bonds is 4. The van der Waals surface area contributed by atoms with Gasteiger partial charge in [-0.2, -0.15) is 0 Å². The molecule has 0 fully saturated rings. The normalized spacial score (nSPS) is 15.9. The maximum absolute atomic E-state index is 10.0. The third kappa shape index (κ3) is 2.48. The average Bonchev–Trinajstić information content (AvgIpc) is 2.51. The molecule has 1 aromatic heterocycles. The van der Waals surface area contributed by atoms with Gasteiger partial charge < -0.3 is 9.84 Å². The Morgan fingerprint density at radius 3 is 2.50 bits per heavy atom. The van der Waals surface area contributed by atoms with E-state index in [1.54, 1.807) is 13.2 Å². The molecule has 0 amide bonds. The third-order valence-electron chi connectivity index (χ3n) is 2.15. The molecule has 14 heavy (non-hydrogen) atoms. The molecule has 0 aromatic carbocycles. The summed E-state index contributed by atoms with van der Waals surface area (Å²) in [5.41, 5.74) is 0. The summed E-state index contributed by atoms with van der Waals surface area (Å²) < 4.78 is 5.25. The van der Waals surface area contributed by atoms with Gasteiger partial charge in [0.1, 0.15) is 6.10 Å². The van der Waals surface area contributed by atoms with Crippen LogP contribution >= 0.6 is 22.9 Å². The Balaban J connectivity index is 2.83. The minimum Gasteiger partial charge on any atom is -0.385 e. The topological polar surface area (TPSA) is 29.5 Å². The van der Waals surface area contributed by atoms with Crippen molar-refractivity contribution in [2.75, 3.05) is 7.11 Å². The van der Waals surface area contributed by atoms with Crippen molar-refractivity contribution in [1.29, 1.82) is 0 Å². The second-order valence-electron chi connectivity index (χ2n) is 3.52. The summed E-state index contributed by atoms with van der Waals surface area (Å²) in [5.74, 6) is 0.258. The highest BCUT2D eigenvalue weighted by Gasteiger charge is 2.26. The quantitative estimate of drug-likeness (QED) is 0.868. The fraction of sp³-hybridized carbons (Fsp3) is 0.600. The van der Waals surface area contributed by atoms with Crippen LogP contribution in [0.1, 0.15) is 24.8 Å². The van der Waals surface area contributed by atoms with E-state index in [1.807, 2.05) is 19.2 Å². The van der Waals surface area contributed by atoms with E-state index in [9.17, 15) is 5.11 Å². The maximum atomic E-state index is 10.0. The second-order valence-corrected chi connectivity index (χ2v) is 4.88. The fourth-order valence-electron chi connectivity index (χ4n) is 1.43. The molecule has 2 unspecified atom stereocenters. The zero-order valence-corrected chi connectivity index (χ0v) is 10.1. The Bertz CT molecular complexity index is 285. The van der Waals surface area contributed by atoms with Gasteiger partial charge in [0, 0.05) is 7.11 Å². The standard InChI is InChI=1S/C10H15ClO2S/c1-6(2)9(13-3)8(12)10-7(11)4-5-14-10/h4-6,8-9,12H,1-3H3. The lowest BCUT2D eigenvalue weighted by atomic mass is 10.0. The molecule has 1 heterocycles. The second kappa shape index (κ2) is 5.12. The molecular weight excluding hydrogens is 220 g/mol. The zero-order chi connectivity index (χ0) is 10.7. The summed E-state index contributed by atoms with van der Waals surface area (Å²) in [4.78, 5) is 0.784. The van der Waals surface area contributed by atoms with Crippen LogP contribution in [0.2, 0.25) is 5.02 Å². The predicted molar refractivity (Wildman–Crippen MR) is 59.9 cm³/mol. The van der Waals surface area contributed by atoms with E-state index < -0.39 is 6.10 Å². The number of hydrogen-bond acceptors (Lipinski definition) is 3. The summed E-state index contributed by atoms with van der Waals surface area (Å²) >= 11 is 7.39. The van der Waals surface area contributed by atoms with Gasteiger partial charge in [0.2, 0.25) is 0 Å². The molecule has 0 aliphatic heterocycles. The highest BCUT2D eigenvalue weighted by Crippen LogP contribution is 2.33. The molecule has 0 radical (unpaired) electrons. The maximum Gasteiger partial charge on any atom is 0.116 e. The Hall–Kier alpha value is -0.0900. The molecule has 0 bridgehead atoms. The first-order valence-corrected chi connectivity index (χ1v) is 5.77. The number of halogens is 1. The van der Waals surface area contributed by atoms with Crippen molar-refractivity contribution in [1.82, 2.24) is 0 Å². The number of thiophene rings is 1. The van der Waals surface area contributed by atoms with Crippen LogP contribution in [0.25, 0.3) is 0 Å². The van der Waals surface area contributed by atoms with Crippen molar-refractivity contribution >= 4 is 22.9 Å². The molecule has 0 saturated heterocycles. The van der Waals surface area contributed by atoms with Gasteiger partial charge >= 0.3 is 0 Å². The summed E-state index contributed by atoms with van der Waals surface area (Å²) in [7, 11) is 1.61. The van der Waals surface area contributed by atoms with E-state index in [0.717, 1.165) is 4.88 Å². The van der Waals surface area contributed by atoms with E-state index in [-0.39, 0.29) is 12.0 Å². The van der Waals surface area contributed by atoms with Crippen molar-refractivity contribution < 1.29 is 9.84 Å². The van der Waals surface area contributed by atoms with Crippen molar-refractivity contribution in [3.8, 4) is 0 Å². The van der Waals surface area contributed by atoms with Crippen molar-refractivity contribution in [2.45, 2.75) is 26.1 Å². The number of ether oxygens (including phenoxy) is 1. The summed E-state index contributed by atoms with van der Waals surface area (Å²) in [6, 6.07) is 1.79. The molecule has 2 nitrogen and oxygen atoms in total. The Kier molecular flexibility index (Phi) is 4.38. The van der Waals surface area contributed by atoms with Crippen LogP contribution in [0.5, 0.6) is 0 Å². The molecule has 1 aromatic rings. The smallest absolute Gasteiger partial charge is 0.116 e. The zero-order valence-electron chi connectivity index (χ0n) is 8.53. The summed E-state index contributed by atoms with van der Waals surface area (Å²) in [5, 5.41) is 12.5. The number of aliphatic hydroxyl groups excluding tert-OH is 1. The first-order valence-electron chi connectivity index (χ1n) is 4.51. The van der Waals surface area contributed by atoms with E-state index in [2.05, 4.69) is 0 Å². The number of hydrogen-bond donors (Lipinski definition) is 1. The van der Waals surface area contributed by atoms with Crippen molar-refractivity contribution in [3.63, 3.8) is 0 Å². The molecule has 0 spiro atoms. The lowest BCUT2D eigenvalue weighted by molar-refractivity contribution is -0.0374. The van der Waals surface area contributed by atoms with Gasteiger partial charge in [-0.3, -0.25) is 0 Å². The average molecular weight is 235 g/mol. The monoisotopic (exact) mass is 234 g/mol. The van der Waals surface area contributed by atoms with Gasteiger partial charge in [-0.25, -0.2) is 0 Å². The third-order valence-corrected chi connectivity index (χ3v) is 3.58. The van der Waals surface area contributed by atoms with Crippen LogP contribution in [0.15, 0.2) is 11.4 Å². The number of methoxy groups -OCH3 is 1. The minimum absolute atomic E-state index is 0.203. The van der Waals surface area contributed by atoms with Gasteiger partial charge in [-0.15, -0.1) is 11.3 Å². The predicted octanol–water partition coefficient (Wildman–Crippen LogP) is 3.11. The lowest BCUT2D eigenvalue weighted by Crippen LogP contribution is -2.26. The largest absolute Gasteiger partial charge is 0.385 e. The molecular formula is C10H15ClO2S. The van der Waals surface area contributed by atoms with Crippen molar-refractivity contribution in [3.05, 3.63) is 21.3 Å². The van der Waals surface area contributed by atoms with Gasteiger partial charge in [0.05, 0.1) is 16.0 Å². The molecule has 0 aliphatic carbocycles. The van der Waals surface area contributed by atoms with Gasteiger partial charge in [-0.1, -0.05) is 25.4 Å². The highest BCUT2D eigenvalue weighted by atomic mass is 35.5. The molecule has 2 atom stereocenters. The Morgan fingerprint density at radius 1 is 1.50 bits per heavy atom. The fourth-order valence-corrected chi connectivity index (χ4v) is 2.62. The molecule has 1 rings (SSSR count). The van der Waals surface area contributed by atoms with E-state index >= 15 is 0 Å². The Labute approximate surface area is 93.5 Å². The summed E-state index contributed by atoms with van der Waals surface area (Å²) in [6.07, 6.45) is -0.835. The molecule has 1 N–H and O–H groups in total. The SMILES string of the molecule is COC(C(C)C)C(O)c1sccc1Cl.